The highest BCUT2D eigenvalue weighted by atomic mass is 79.9. The molecule has 0 unspecified atom stereocenters. The molecule has 0 aliphatic heterocycles. The minimum Gasteiger partial charge on any atom is -0.326 e. The Morgan fingerprint density at radius 1 is 0.923 bits per heavy atom. The lowest BCUT2D eigenvalue weighted by Crippen LogP contribution is -2.17. The summed E-state index contributed by atoms with van der Waals surface area (Å²) in [6.45, 7) is 0. The van der Waals surface area contributed by atoms with E-state index in [2.05, 4.69) is 15.9 Å². The first kappa shape index (κ1) is 20.2. The SMILES string of the molecule is O=C(Cc1cc(Br)ccc1F)Nc1cc(C(F)(F)F)cc(C(F)(F)F)c1. The topological polar surface area (TPSA) is 29.1 Å². The van der Waals surface area contributed by atoms with Crippen molar-refractivity contribution in [3.05, 3.63) is 63.4 Å². The van der Waals surface area contributed by atoms with Gasteiger partial charge in [0, 0.05) is 10.2 Å². The molecule has 2 aromatic carbocycles. The maximum atomic E-state index is 13.6. The molecular weight excluding hydrogens is 435 g/mol. The lowest BCUT2D eigenvalue weighted by atomic mass is 10.1. The molecule has 0 aromatic heterocycles. The molecule has 2 nitrogen and oxygen atoms in total. The van der Waals surface area contributed by atoms with Crippen LogP contribution in [0.4, 0.5) is 36.4 Å². The second-order valence-electron chi connectivity index (χ2n) is 5.26. The number of benzene rings is 2. The van der Waals surface area contributed by atoms with Gasteiger partial charge in [0.1, 0.15) is 5.82 Å². The van der Waals surface area contributed by atoms with Crippen molar-refractivity contribution in [3.8, 4) is 0 Å². The first-order valence-corrected chi connectivity index (χ1v) is 7.69. The van der Waals surface area contributed by atoms with E-state index in [0.717, 1.165) is 6.07 Å². The lowest BCUT2D eigenvalue weighted by molar-refractivity contribution is -0.143. The van der Waals surface area contributed by atoms with Gasteiger partial charge in [-0.05, 0) is 42.0 Å². The molecule has 0 aliphatic carbocycles. The Morgan fingerprint density at radius 3 is 1.96 bits per heavy atom. The lowest BCUT2D eigenvalue weighted by Gasteiger charge is -2.15. The Hall–Kier alpha value is -2.10. The van der Waals surface area contributed by atoms with E-state index in [1.165, 1.54) is 12.1 Å². The van der Waals surface area contributed by atoms with Crippen molar-refractivity contribution in [2.75, 3.05) is 5.32 Å². The molecule has 26 heavy (non-hydrogen) atoms. The third kappa shape index (κ3) is 5.20. The van der Waals surface area contributed by atoms with E-state index in [1.807, 2.05) is 5.32 Å². The molecule has 10 heteroatoms. The molecule has 1 amide bonds. The number of carbonyl (C=O) groups is 1. The Bertz CT molecular complexity index is 798. The normalized spacial score (nSPS) is 12.2. The van der Waals surface area contributed by atoms with Crippen LogP contribution in [-0.2, 0) is 23.6 Å². The summed E-state index contributed by atoms with van der Waals surface area (Å²) in [7, 11) is 0. The van der Waals surface area contributed by atoms with Gasteiger partial charge in [0.25, 0.3) is 0 Å². The predicted octanol–water partition coefficient (Wildman–Crippen LogP) is 5.81. The van der Waals surface area contributed by atoms with E-state index in [9.17, 15) is 35.5 Å². The molecule has 0 heterocycles. The van der Waals surface area contributed by atoms with Gasteiger partial charge in [-0.1, -0.05) is 15.9 Å². The number of hydrogen-bond acceptors (Lipinski definition) is 1. The minimum absolute atomic E-state index is 0.0520. The number of nitrogens with one attached hydrogen (secondary N) is 1. The second kappa shape index (κ2) is 7.26. The zero-order chi connectivity index (χ0) is 19.7. The van der Waals surface area contributed by atoms with Gasteiger partial charge in [-0.2, -0.15) is 26.3 Å². The van der Waals surface area contributed by atoms with Crippen LogP contribution in [-0.4, -0.2) is 5.91 Å². The maximum absolute atomic E-state index is 13.6. The van der Waals surface area contributed by atoms with E-state index >= 15 is 0 Å². The minimum atomic E-state index is -5.03. The highest BCUT2D eigenvalue weighted by Gasteiger charge is 2.37. The third-order valence-electron chi connectivity index (χ3n) is 3.23. The maximum Gasteiger partial charge on any atom is 0.416 e. The monoisotopic (exact) mass is 443 g/mol. The summed E-state index contributed by atoms with van der Waals surface area (Å²) < 4.78 is 90.8. The second-order valence-corrected chi connectivity index (χ2v) is 6.17. The van der Waals surface area contributed by atoms with Crippen molar-refractivity contribution >= 4 is 27.5 Å². The quantitative estimate of drug-likeness (QED) is 0.596. The Morgan fingerprint density at radius 2 is 1.46 bits per heavy atom. The molecule has 0 saturated carbocycles. The highest BCUT2D eigenvalue weighted by Crippen LogP contribution is 2.37. The number of hydrogen-bond donors (Lipinski definition) is 1. The molecule has 140 valence electrons. The Labute approximate surface area is 151 Å². The van der Waals surface area contributed by atoms with Crippen molar-refractivity contribution in [1.82, 2.24) is 0 Å². The van der Waals surface area contributed by atoms with Crippen LogP contribution in [0.2, 0.25) is 0 Å². The number of alkyl halides is 6. The average molecular weight is 444 g/mol. The van der Waals surface area contributed by atoms with Crippen LogP contribution in [0.15, 0.2) is 40.9 Å². The zero-order valence-corrected chi connectivity index (χ0v) is 14.2. The zero-order valence-electron chi connectivity index (χ0n) is 12.6. The van der Waals surface area contributed by atoms with Crippen LogP contribution >= 0.6 is 15.9 Å². The van der Waals surface area contributed by atoms with Gasteiger partial charge in [0.05, 0.1) is 17.5 Å². The molecule has 0 aliphatic rings. The van der Waals surface area contributed by atoms with E-state index in [-0.39, 0.29) is 11.6 Å². The van der Waals surface area contributed by atoms with Gasteiger partial charge in [-0.3, -0.25) is 4.79 Å². The summed E-state index contributed by atoms with van der Waals surface area (Å²) in [5.41, 5.74) is -3.88. The molecule has 0 saturated heterocycles. The summed E-state index contributed by atoms with van der Waals surface area (Å²) in [5.74, 6) is -1.70. The fourth-order valence-electron chi connectivity index (χ4n) is 2.08. The third-order valence-corrected chi connectivity index (χ3v) is 3.72. The largest absolute Gasteiger partial charge is 0.416 e. The van der Waals surface area contributed by atoms with E-state index in [4.69, 9.17) is 0 Å². The molecule has 0 bridgehead atoms. The van der Waals surface area contributed by atoms with Crippen LogP contribution in [0.5, 0.6) is 0 Å². The van der Waals surface area contributed by atoms with Gasteiger partial charge in [0.15, 0.2) is 0 Å². The van der Waals surface area contributed by atoms with Gasteiger partial charge >= 0.3 is 12.4 Å². The van der Waals surface area contributed by atoms with Gasteiger partial charge < -0.3 is 5.32 Å². The summed E-state index contributed by atoms with van der Waals surface area (Å²) >= 11 is 3.07. The van der Waals surface area contributed by atoms with Gasteiger partial charge in [-0.15, -0.1) is 0 Å². The van der Waals surface area contributed by atoms with Crippen molar-refractivity contribution < 1.29 is 35.5 Å². The van der Waals surface area contributed by atoms with Crippen LogP contribution in [0, 0.1) is 5.82 Å². The molecular formula is C16H9BrF7NO. The fourth-order valence-corrected chi connectivity index (χ4v) is 2.49. The number of halogens is 8. The molecule has 0 fully saturated rings. The number of anilines is 1. The van der Waals surface area contributed by atoms with Crippen molar-refractivity contribution in [1.29, 1.82) is 0 Å². The van der Waals surface area contributed by atoms with Gasteiger partial charge in [0.2, 0.25) is 5.91 Å². The van der Waals surface area contributed by atoms with Crippen LogP contribution in [0.3, 0.4) is 0 Å². The van der Waals surface area contributed by atoms with Crippen molar-refractivity contribution in [2.45, 2.75) is 18.8 Å². The smallest absolute Gasteiger partial charge is 0.326 e. The van der Waals surface area contributed by atoms with Crippen LogP contribution in [0.1, 0.15) is 16.7 Å². The van der Waals surface area contributed by atoms with Crippen molar-refractivity contribution in [3.63, 3.8) is 0 Å². The van der Waals surface area contributed by atoms with E-state index in [1.54, 1.807) is 0 Å². The van der Waals surface area contributed by atoms with Crippen LogP contribution in [0.25, 0.3) is 0 Å². The first-order chi connectivity index (χ1) is 11.9. The van der Waals surface area contributed by atoms with Gasteiger partial charge in [-0.25, -0.2) is 4.39 Å². The number of amides is 1. The standard InChI is InChI=1S/C16H9BrF7NO/c17-11-1-2-13(18)8(3-11)4-14(26)25-12-6-9(15(19,20)21)5-10(7-12)16(22,23)24/h1-3,5-7H,4H2,(H,25,26). The summed E-state index contributed by atoms with van der Waals surface area (Å²) in [6.07, 6.45) is -10.6. The molecule has 0 spiro atoms. The number of carbonyl (C=O) groups excluding carboxylic acids is 1. The predicted molar refractivity (Wildman–Crippen MR) is 82.9 cm³/mol. The summed E-state index contributed by atoms with van der Waals surface area (Å²) in [6, 6.07) is 4.43. The molecule has 0 atom stereocenters. The Kier molecular flexibility index (Phi) is 5.64. The summed E-state index contributed by atoms with van der Waals surface area (Å²) in [4.78, 5) is 11.9. The first-order valence-electron chi connectivity index (χ1n) is 6.89. The average Bonchev–Trinajstić information content (AvgIpc) is 2.49. The van der Waals surface area contributed by atoms with E-state index < -0.39 is 47.3 Å². The molecule has 1 N–H and O–H groups in total. The van der Waals surface area contributed by atoms with E-state index in [0.29, 0.717) is 16.6 Å². The molecule has 0 radical (unpaired) electrons. The highest BCUT2D eigenvalue weighted by molar-refractivity contribution is 9.10. The summed E-state index contributed by atoms with van der Waals surface area (Å²) in [5, 5.41) is 1.94. The van der Waals surface area contributed by atoms with Crippen molar-refractivity contribution in [2.24, 2.45) is 0 Å². The Balaban J connectivity index is 2.30. The fraction of sp³-hybridized carbons (Fsp3) is 0.188. The molecule has 2 rings (SSSR count). The number of rotatable bonds is 3. The molecule has 2 aromatic rings. The van der Waals surface area contributed by atoms with Crippen LogP contribution < -0.4 is 5.32 Å².